The maximum atomic E-state index is 13.1. The number of sulfonamides is 1. The summed E-state index contributed by atoms with van der Waals surface area (Å²) in [5, 5.41) is 11.8. The molecule has 1 heterocycles. The molecule has 0 radical (unpaired) electrons. The third kappa shape index (κ3) is 4.91. The van der Waals surface area contributed by atoms with Crippen molar-refractivity contribution in [1.82, 2.24) is 9.21 Å². The zero-order valence-corrected chi connectivity index (χ0v) is 19.0. The molecule has 1 saturated heterocycles. The Bertz CT molecular complexity index is 1060. The van der Waals surface area contributed by atoms with Crippen LogP contribution in [0.1, 0.15) is 38.4 Å². The van der Waals surface area contributed by atoms with Crippen LogP contribution in [-0.4, -0.2) is 54.6 Å². The van der Waals surface area contributed by atoms with Gasteiger partial charge in [0, 0.05) is 37.8 Å². The highest BCUT2D eigenvalue weighted by Crippen LogP contribution is 2.35. The second kappa shape index (κ2) is 10.1. The Morgan fingerprint density at radius 2 is 1.75 bits per heavy atom. The molecule has 10 heteroatoms. The van der Waals surface area contributed by atoms with Gasteiger partial charge in [-0.2, -0.15) is 4.31 Å². The van der Waals surface area contributed by atoms with E-state index in [1.165, 1.54) is 16.4 Å². The van der Waals surface area contributed by atoms with Crippen LogP contribution in [0.3, 0.4) is 0 Å². The van der Waals surface area contributed by atoms with E-state index in [2.05, 4.69) is 0 Å². The van der Waals surface area contributed by atoms with Gasteiger partial charge in [0.15, 0.2) is 5.75 Å². The minimum absolute atomic E-state index is 0.162. The maximum absolute atomic E-state index is 13.1. The lowest BCUT2D eigenvalue weighted by molar-refractivity contribution is -0.386. The molecule has 172 valence electrons. The van der Waals surface area contributed by atoms with Crippen molar-refractivity contribution in [3.8, 4) is 5.75 Å². The van der Waals surface area contributed by atoms with E-state index in [-0.39, 0.29) is 16.6 Å². The smallest absolute Gasteiger partial charge is 0.312 e. The van der Waals surface area contributed by atoms with Crippen LogP contribution in [0, 0.1) is 10.1 Å². The van der Waals surface area contributed by atoms with Crippen molar-refractivity contribution in [1.29, 1.82) is 0 Å². The van der Waals surface area contributed by atoms with E-state index in [0.717, 1.165) is 18.9 Å². The number of hydrogen-bond acceptors (Lipinski definition) is 6. The van der Waals surface area contributed by atoms with Gasteiger partial charge in [-0.1, -0.05) is 30.3 Å². The van der Waals surface area contributed by atoms with Crippen LogP contribution >= 0.6 is 0 Å². The largest absolute Gasteiger partial charge is 0.469 e. The van der Waals surface area contributed by atoms with Gasteiger partial charge in [-0.25, -0.2) is 8.42 Å². The Labute approximate surface area is 187 Å². The van der Waals surface area contributed by atoms with Gasteiger partial charge in [0.25, 0.3) is 5.91 Å². The Hall–Kier alpha value is -2.98. The lowest BCUT2D eigenvalue weighted by Gasteiger charge is -2.26. The lowest BCUT2D eigenvalue weighted by Crippen LogP contribution is -2.37. The monoisotopic (exact) mass is 461 g/mol. The van der Waals surface area contributed by atoms with Gasteiger partial charge < -0.3 is 9.64 Å². The predicted octanol–water partition coefficient (Wildman–Crippen LogP) is 3.37. The first-order chi connectivity index (χ1) is 15.3. The molecule has 0 aliphatic carbocycles. The molecule has 1 atom stereocenters. The Morgan fingerprint density at radius 1 is 1.12 bits per heavy atom. The second-order valence-electron chi connectivity index (χ2n) is 7.42. The van der Waals surface area contributed by atoms with Crippen LogP contribution in [0.4, 0.5) is 5.69 Å². The van der Waals surface area contributed by atoms with Crippen LogP contribution in [0.25, 0.3) is 0 Å². The van der Waals surface area contributed by atoms with Gasteiger partial charge in [0.1, 0.15) is 0 Å². The number of rotatable bonds is 9. The Kier molecular flexibility index (Phi) is 7.47. The van der Waals surface area contributed by atoms with E-state index in [1.54, 1.807) is 35.2 Å². The molecule has 32 heavy (non-hydrogen) atoms. The summed E-state index contributed by atoms with van der Waals surface area (Å²) in [6.07, 6.45) is 0.416. The number of likely N-dealkylation sites (N-methyl/N-ethyl adjacent to an activating group) is 1. The summed E-state index contributed by atoms with van der Waals surface area (Å²) < 4.78 is 32.9. The zero-order chi connectivity index (χ0) is 23.3. The van der Waals surface area contributed by atoms with Crippen molar-refractivity contribution in [2.45, 2.75) is 37.7 Å². The molecule has 1 aliphatic heterocycles. The first-order valence-electron chi connectivity index (χ1n) is 10.6. The minimum atomic E-state index is -3.83. The molecule has 0 unspecified atom stereocenters. The number of amides is 1. The lowest BCUT2D eigenvalue weighted by atomic mass is 10.1. The van der Waals surface area contributed by atoms with Crippen molar-refractivity contribution in [2.75, 3.05) is 26.2 Å². The molecule has 9 nitrogen and oxygen atoms in total. The molecule has 2 aromatic rings. The van der Waals surface area contributed by atoms with Crippen LogP contribution in [0.2, 0.25) is 0 Å². The fourth-order valence-electron chi connectivity index (χ4n) is 3.69. The molecule has 0 N–H and O–H groups in total. The van der Waals surface area contributed by atoms with Gasteiger partial charge in [0.05, 0.1) is 9.82 Å². The van der Waals surface area contributed by atoms with Gasteiger partial charge in [-0.05, 0) is 38.8 Å². The topological polar surface area (TPSA) is 110 Å². The molecule has 0 spiro atoms. The summed E-state index contributed by atoms with van der Waals surface area (Å²) in [4.78, 5) is 25.6. The Morgan fingerprint density at radius 3 is 2.31 bits per heavy atom. The van der Waals surface area contributed by atoms with E-state index >= 15 is 0 Å². The van der Waals surface area contributed by atoms with Crippen LogP contribution in [0.15, 0.2) is 53.4 Å². The third-order valence-electron chi connectivity index (χ3n) is 5.48. The molecule has 2 aromatic carbocycles. The summed E-state index contributed by atoms with van der Waals surface area (Å²) in [6.45, 7) is 5.37. The van der Waals surface area contributed by atoms with Crippen LogP contribution in [0.5, 0.6) is 5.75 Å². The van der Waals surface area contributed by atoms with E-state index < -0.39 is 26.7 Å². The SMILES string of the molecule is CCN(CC)C(=O)[C@H](Oc1ccc(S(=O)(=O)N2CCCC2)cc1[N+](=O)[O-])c1ccccc1. The summed E-state index contributed by atoms with van der Waals surface area (Å²) in [5.41, 5.74) is 0.0472. The fourth-order valence-corrected chi connectivity index (χ4v) is 5.23. The quantitative estimate of drug-likeness (QED) is 0.418. The Balaban J connectivity index is 2.00. The van der Waals surface area contributed by atoms with E-state index in [4.69, 9.17) is 4.74 Å². The second-order valence-corrected chi connectivity index (χ2v) is 9.35. The highest BCUT2D eigenvalue weighted by atomic mass is 32.2. The average molecular weight is 462 g/mol. The number of carbonyl (C=O) groups is 1. The minimum Gasteiger partial charge on any atom is -0.469 e. The standard InChI is InChI=1S/C22H27N3O6S/c1-3-23(4-2)22(26)21(17-10-6-5-7-11-17)31-20-13-12-18(16-19(20)25(27)28)32(29,30)24-14-8-9-15-24/h5-7,10-13,16,21H,3-4,8-9,14-15H2,1-2H3/t21-/m1/s1. The molecule has 1 amide bonds. The van der Waals surface area contributed by atoms with E-state index in [0.29, 0.717) is 31.7 Å². The van der Waals surface area contributed by atoms with E-state index in [9.17, 15) is 23.3 Å². The number of ether oxygens (including phenoxy) is 1. The summed E-state index contributed by atoms with van der Waals surface area (Å²) >= 11 is 0. The van der Waals surface area contributed by atoms with Gasteiger partial charge in [-0.3, -0.25) is 14.9 Å². The summed E-state index contributed by atoms with van der Waals surface area (Å²) in [5.74, 6) is -0.492. The third-order valence-corrected chi connectivity index (χ3v) is 7.37. The van der Waals surface area contributed by atoms with Gasteiger partial charge >= 0.3 is 5.69 Å². The normalized spacial score (nSPS) is 15.3. The molecular formula is C22H27N3O6S. The van der Waals surface area contributed by atoms with Crippen molar-refractivity contribution < 1.29 is 22.9 Å². The van der Waals surface area contributed by atoms with E-state index in [1.807, 2.05) is 13.8 Å². The highest BCUT2D eigenvalue weighted by Gasteiger charge is 2.32. The number of hydrogen-bond donors (Lipinski definition) is 0. The fraction of sp³-hybridized carbons (Fsp3) is 0.409. The van der Waals surface area contributed by atoms with Crippen molar-refractivity contribution in [3.05, 3.63) is 64.2 Å². The van der Waals surface area contributed by atoms with Gasteiger partial charge in [-0.15, -0.1) is 0 Å². The molecular weight excluding hydrogens is 434 g/mol. The molecule has 0 bridgehead atoms. The summed E-state index contributed by atoms with van der Waals surface area (Å²) in [7, 11) is -3.83. The van der Waals surface area contributed by atoms with Gasteiger partial charge in [0.2, 0.25) is 16.1 Å². The molecule has 3 rings (SSSR count). The first-order valence-corrected chi connectivity index (χ1v) is 12.0. The number of nitrogens with zero attached hydrogens (tertiary/aromatic N) is 3. The van der Waals surface area contributed by atoms with Crippen molar-refractivity contribution in [3.63, 3.8) is 0 Å². The van der Waals surface area contributed by atoms with Crippen molar-refractivity contribution in [2.24, 2.45) is 0 Å². The van der Waals surface area contributed by atoms with Crippen molar-refractivity contribution >= 4 is 21.6 Å². The summed E-state index contributed by atoms with van der Waals surface area (Å²) in [6, 6.07) is 12.3. The predicted molar refractivity (Wildman–Crippen MR) is 119 cm³/mol. The van der Waals surface area contributed by atoms with Crippen LogP contribution < -0.4 is 4.74 Å². The molecule has 0 aromatic heterocycles. The number of benzene rings is 2. The van der Waals surface area contributed by atoms with Crippen LogP contribution in [-0.2, 0) is 14.8 Å². The maximum Gasteiger partial charge on any atom is 0.312 e. The molecule has 0 saturated carbocycles. The highest BCUT2D eigenvalue weighted by molar-refractivity contribution is 7.89. The number of carbonyl (C=O) groups excluding carboxylic acids is 1. The molecule has 1 aliphatic rings. The molecule has 1 fully saturated rings. The first kappa shape index (κ1) is 23.7. The number of nitro benzene ring substituents is 1. The number of nitro groups is 1. The average Bonchev–Trinajstić information content (AvgIpc) is 3.34. The zero-order valence-electron chi connectivity index (χ0n) is 18.1.